The van der Waals surface area contributed by atoms with Gasteiger partial charge in [-0.1, -0.05) is 26.7 Å². The van der Waals surface area contributed by atoms with Gasteiger partial charge < -0.3 is 4.74 Å². The first-order valence-corrected chi connectivity index (χ1v) is 4.83. The Hall–Kier alpha value is -0.370. The van der Waals surface area contributed by atoms with Gasteiger partial charge in [-0.15, -0.1) is 0 Å². The van der Waals surface area contributed by atoms with Crippen LogP contribution in [-0.2, 0) is 9.53 Å². The molecule has 0 aromatic carbocycles. The molecule has 0 aliphatic rings. The lowest BCUT2D eigenvalue weighted by Gasteiger charge is -2.10. The van der Waals surface area contributed by atoms with Crippen molar-refractivity contribution in [2.75, 3.05) is 13.2 Å². The first-order chi connectivity index (χ1) is 5.74. The Morgan fingerprint density at radius 3 is 2.25 bits per heavy atom. The van der Waals surface area contributed by atoms with Crippen LogP contribution >= 0.6 is 0 Å². The molecule has 0 aliphatic heterocycles. The molecular weight excluding hydrogens is 152 g/mol. The van der Waals surface area contributed by atoms with E-state index in [4.69, 9.17) is 4.74 Å². The fourth-order valence-corrected chi connectivity index (χ4v) is 1.17. The molecule has 2 heteroatoms. The van der Waals surface area contributed by atoms with E-state index in [0.717, 1.165) is 12.8 Å². The molecule has 0 aromatic heterocycles. The Morgan fingerprint density at radius 2 is 1.83 bits per heavy atom. The van der Waals surface area contributed by atoms with Gasteiger partial charge in [0.1, 0.15) is 6.61 Å². The van der Waals surface area contributed by atoms with E-state index in [1.807, 2.05) is 6.92 Å². The Bertz CT molecular complexity index is 117. The summed E-state index contributed by atoms with van der Waals surface area (Å²) >= 11 is 0. The van der Waals surface area contributed by atoms with Crippen molar-refractivity contribution in [1.82, 2.24) is 0 Å². The van der Waals surface area contributed by atoms with Gasteiger partial charge in [-0.25, -0.2) is 0 Å². The fourth-order valence-electron chi connectivity index (χ4n) is 1.17. The van der Waals surface area contributed by atoms with E-state index in [0.29, 0.717) is 25.6 Å². The van der Waals surface area contributed by atoms with E-state index in [1.54, 1.807) is 0 Å². The van der Waals surface area contributed by atoms with Crippen LogP contribution in [0.3, 0.4) is 0 Å². The van der Waals surface area contributed by atoms with E-state index in [1.165, 1.54) is 0 Å². The lowest BCUT2D eigenvalue weighted by molar-refractivity contribution is -0.124. The van der Waals surface area contributed by atoms with E-state index in [2.05, 4.69) is 13.8 Å². The number of hydrogen-bond donors (Lipinski definition) is 0. The molecular formula is C10H20O2. The lowest BCUT2D eigenvalue weighted by atomic mass is 9.97. The SMILES string of the molecule is CCOCC(=O)CC(CC)CC. The van der Waals surface area contributed by atoms with Crippen molar-refractivity contribution < 1.29 is 9.53 Å². The molecule has 0 aromatic rings. The van der Waals surface area contributed by atoms with E-state index in [9.17, 15) is 4.79 Å². The molecule has 0 heterocycles. The monoisotopic (exact) mass is 172 g/mol. The maximum absolute atomic E-state index is 11.2. The molecule has 0 N–H and O–H groups in total. The summed E-state index contributed by atoms with van der Waals surface area (Å²) in [6.07, 6.45) is 2.87. The third-order valence-corrected chi connectivity index (χ3v) is 2.14. The van der Waals surface area contributed by atoms with E-state index >= 15 is 0 Å². The molecule has 0 radical (unpaired) electrons. The topological polar surface area (TPSA) is 26.3 Å². The predicted molar refractivity (Wildman–Crippen MR) is 50.2 cm³/mol. The summed E-state index contributed by atoms with van der Waals surface area (Å²) in [6, 6.07) is 0. The van der Waals surface area contributed by atoms with Crippen LogP contribution < -0.4 is 0 Å². The average Bonchev–Trinajstić information content (AvgIpc) is 2.10. The summed E-state index contributed by atoms with van der Waals surface area (Å²) in [6.45, 7) is 7.09. The van der Waals surface area contributed by atoms with Crippen molar-refractivity contribution in [2.45, 2.75) is 40.0 Å². The van der Waals surface area contributed by atoms with Crippen molar-refractivity contribution in [3.05, 3.63) is 0 Å². The van der Waals surface area contributed by atoms with Gasteiger partial charge >= 0.3 is 0 Å². The minimum absolute atomic E-state index is 0.241. The van der Waals surface area contributed by atoms with Gasteiger partial charge in [0.2, 0.25) is 0 Å². The van der Waals surface area contributed by atoms with E-state index < -0.39 is 0 Å². The van der Waals surface area contributed by atoms with Gasteiger partial charge in [0, 0.05) is 13.0 Å². The first-order valence-electron chi connectivity index (χ1n) is 4.83. The molecule has 72 valence electrons. The number of ether oxygens (including phenoxy) is 1. The molecule has 0 atom stereocenters. The highest BCUT2D eigenvalue weighted by molar-refractivity contribution is 5.79. The summed E-state index contributed by atoms with van der Waals surface area (Å²) in [4.78, 5) is 11.2. The molecule has 12 heavy (non-hydrogen) atoms. The third-order valence-electron chi connectivity index (χ3n) is 2.14. The summed E-state index contributed by atoms with van der Waals surface area (Å²) in [7, 11) is 0. The van der Waals surface area contributed by atoms with Gasteiger partial charge in [-0.3, -0.25) is 4.79 Å². The van der Waals surface area contributed by atoms with Crippen molar-refractivity contribution in [3.63, 3.8) is 0 Å². The van der Waals surface area contributed by atoms with Crippen LogP contribution in [0.4, 0.5) is 0 Å². The molecule has 0 aliphatic carbocycles. The highest BCUT2D eigenvalue weighted by Crippen LogP contribution is 2.12. The number of rotatable bonds is 7. The van der Waals surface area contributed by atoms with Crippen LogP contribution in [-0.4, -0.2) is 19.0 Å². The van der Waals surface area contributed by atoms with E-state index in [-0.39, 0.29) is 5.78 Å². The van der Waals surface area contributed by atoms with Crippen molar-refractivity contribution >= 4 is 5.78 Å². The van der Waals surface area contributed by atoms with Crippen molar-refractivity contribution in [2.24, 2.45) is 5.92 Å². The smallest absolute Gasteiger partial charge is 0.158 e. The highest BCUT2D eigenvalue weighted by Gasteiger charge is 2.09. The highest BCUT2D eigenvalue weighted by atomic mass is 16.5. The molecule has 0 saturated heterocycles. The summed E-state index contributed by atoms with van der Waals surface area (Å²) in [5, 5.41) is 0. The quantitative estimate of drug-likeness (QED) is 0.589. The lowest BCUT2D eigenvalue weighted by Crippen LogP contribution is -2.13. The molecule has 0 unspecified atom stereocenters. The molecule has 0 saturated carbocycles. The minimum atomic E-state index is 0.241. The van der Waals surface area contributed by atoms with Gasteiger partial charge in [0.15, 0.2) is 5.78 Å². The van der Waals surface area contributed by atoms with Crippen LogP contribution in [0.1, 0.15) is 40.0 Å². The zero-order valence-corrected chi connectivity index (χ0v) is 8.43. The van der Waals surface area contributed by atoms with Crippen molar-refractivity contribution in [3.8, 4) is 0 Å². The number of carbonyl (C=O) groups excluding carboxylic acids is 1. The molecule has 0 rings (SSSR count). The second kappa shape index (κ2) is 7.29. The molecule has 0 bridgehead atoms. The van der Waals surface area contributed by atoms with Gasteiger partial charge in [-0.2, -0.15) is 0 Å². The van der Waals surface area contributed by atoms with Crippen LogP contribution in [0.2, 0.25) is 0 Å². The van der Waals surface area contributed by atoms with Crippen LogP contribution in [0.5, 0.6) is 0 Å². The third kappa shape index (κ3) is 5.30. The number of Topliss-reactive ketones (excluding diaryl/α,β-unsaturated/α-hetero) is 1. The standard InChI is InChI=1S/C10H20O2/c1-4-9(5-2)7-10(11)8-12-6-3/h9H,4-8H2,1-3H3. The number of carbonyl (C=O) groups is 1. The zero-order chi connectivity index (χ0) is 9.40. The van der Waals surface area contributed by atoms with Crippen LogP contribution in [0, 0.1) is 5.92 Å². The van der Waals surface area contributed by atoms with Crippen LogP contribution in [0.25, 0.3) is 0 Å². The molecule has 0 spiro atoms. The fraction of sp³-hybridized carbons (Fsp3) is 0.900. The Labute approximate surface area is 75.3 Å². The second-order valence-electron chi connectivity index (χ2n) is 3.06. The normalized spacial score (nSPS) is 10.7. The molecule has 2 nitrogen and oxygen atoms in total. The van der Waals surface area contributed by atoms with Crippen molar-refractivity contribution in [1.29, 1.82) is 0 Å². The summed E-state index contributed by atoms with van der Waals surface area (Å²) in [5.41, 5.74) is 0. The van der Waals surface area contributed by atoms with Gasteiger partial charge in [0.05, 0.1) is 0 Å². The Morgan fingerprint density at radius 1 is 1.25 bits per heavy atom. The average molecular weight is 172 g/mol. The zero-order valence-electron chi connectivity index (χ0n) is 8.43. The van der Waals surface area contributed by atoms with Gasteiger partial charge in [0.25, 0.3) is 0 Å². The van der Waals surface area contributed by atoms with Gasteiger partial charge in [-0.05, 0) is 12.8 Å². The number of ketones is 1. The first kappa shape index (κ1) is 11.6. The molecule has 0 amide bonds. The summed E-state index contributed by atoms with van der Waals surface area (Å²) < 4.78 is 5.04. The summed E-state index contributed by atoms with van der Waals surface area (Å²) in [5.74, 6) is 0.795. The molecule has 0 fully saturated rings. The number of hydrogen-bond acceptors (Lipinski definition) is 2. The minimum Gasteiger partial charge on any atom is -0.374 e. The maximum Gasteiger partial charge on any atom is 0.158 e. The maximum atomic E-state index is 11.2. The predicted octanol–water partition coefficient (Wildman–Crippen LogP) is 2.42. The Kier molecular flexibility index (Phi) is 7.06. The largest absolute Gasteiger partial charge is 0.374 e. The second-order valence-corrected chi connectivity index (χ2v) is 3.06. The van der Waals surface area contributed by atoms with Crippen LogP contribution in [0.15, 0.2) is 0 Å². The Balaban J connectivity index is 3.52.